The van der Waals surface area contributed by atoms with Crippen LogP contribution in [0.25, 0.3) is 0 Å². The fraction of sp³-hybridized carbons (Fsp3) is 0.450. The van der Waals surface area contributed by atoms with Crippen LogP contribution in [0.5, 0.6) is 0 Å². The van der Waals surface area contributed by atoms with Gasteiger partial charge in [0.2, 0.25) is 0 Å². The van der Waals surface area contributed by atoms with Gasteiger partial charge in [0.1, 0.15) is 0 Å². The molecule has 0 aliphatic carbocycles. The van der Waals surface area contributed by atoms with Crippen molar-refractivity contribution in [1.82, 2.24) is 15.5 Å². The normalized spacial score (nSPS) is 17.6. The van der Waals surface area contributed by atoms with E-state index in [9.17, 15) is 0 Å². The van der Waals surface area contributed by atoms with Crippen LogP contribution in [0.1, 0.15) is 35.9 Å². The van der Waals surface area contributed by atoms with E-state index in [4.69, 9.17) is 0 Å². The highest BCUT2D eigenvalue weighted by molar-refractivity contribution is 7.10. The molecule has 1 aliphatic heterocycles. The average Bonchev–Trinajstić information content (AvgIpc) is 3.13. The number of nitrogens with zero attached hydrogens (tertiary/aromatic N) is 2. The van der Waals surface area contributed by atoms with Crippen molar-refractivity contribution in [3.05, 3.63) is 57.8 Å². The van der Waals surface area contributed by atoms with E-state index < -0.39 is 0 Å². The second kappa shape index (κ2) is 8.50. The first-order chi connectivity index (χ1) is 12.2. The van der Waals surface area contributed by atoms with Gasteiger partial charge in [-0.05, 0) is 42.8 Å². The molecule has 0 amide bonds. The smallest absolute Gasteiger partial charge is 0.191 e. The maximum Gasteiger partial charge on any atom is 0.191 e. The van der Waals surface area contributed by atoms with Crippen LogP contribution in [0, 0.1) is 0 Å². The summed E-state index contributed by atoms with van der Waals surface area (Å²) in [5.41, 5.74) is 2.77. The molecule has 2 heterocycles. The molecule has 3 rings (SSSR count). The Morgan fingerprint density at radius 1 is 1.24 bits per heavy atom. The largest absolute Gasteiger partial charge is 0.355 e. The van der Waals surface area contributed by atoms with Gasteiger partial charge in [0.25, 0.3) is 0 Å². The minimum atomic E-state index is 0.228. The molecule has 2 aromatic rings. The lowest BCUT2D eigenvalue weighted by atomic mass is 10.1. The van der Waals surface area contributed by atoms with Crippen LogP contribution in [0.2, 0.25) is 0 Å². The van der Waals surface area contributed by atoms with E-state index in [1.807, 2.05) is 24.5 Å². The molecule has 2 atom stereocenters. The standard InChI is InChI=1S/C20H28N4S/c1-15(24-11-9-19-18(14-24)10-12-25-19)13-22-20(21-3)23-16(2)17-7-5-4-6-8-17/h4-8,10,12,15-16H,9,11,13-14H2,1-3H3,(H2,21,22,23). The maximum absolute atomic E-state index is 4.38. The average molecular weight is 357 g/mol. The molecule has 134 valence electrons. The van der Waals surface area contributed by atoms with E-state index in [0.29, 0.717) is 6.04 Å². The molecule has 25 heavy (non-hydrogen) atoms. The lowest BCUT2D eigenvalue weighted by molar-refractivity contribution is 0.192. The van der Waals surface area contributed by atoms with Crippen LogP contribution in [-0.2, 0) is 13.0 Å². The summed E-state index contributed by atoms with van der Waals surface area (Å²) >= 11 is 1.89. The molecule has 0 bridgehead atoms. The van der Waals surface area contributed by atoms with Crippen molar-refractivity contribution in [2.24, 2.45) is 4.99 Å². The van der Waals surface area contributed by atoms with Crippen LogP contribution in [-0.4, -0.2) is 37.0 Å². The third-order valence-corrected chi connectivity index (χ3v) is 5.92. The van der Waals surface area contributed by atoms with Gasteiger partial charge < -0.3 is 10.6 Å². The van der Waals surface area contributed by atoms with Gasteiger partial charge in [-0.2, -0.15) is 0 Å². The molecule has 5 heteroatoms. The van der Waals surface area contributed by atoms with Gasteiger partial charge >= 0.3 is 0 Å². The van der Waals surface area contributed by atoms with Crippen LogP contribution < -0.4 is 10.6 Å². The number of benzene rings is 1. The van der Waals surface area contributed by atoms with Crippen LogP contribution in [0.3, 0.4) is 0 Å². The molecule has 2 unspecified atom stereocenters. The SMILES string of the molecule is CN=C(NCC(C)N1CCc2sccc2C1)NC(C)c1ccccc1. The van der Waals surface area contributed by atoms with Crippen LogP contribution in [0.4, 0.5) is 0 Å². The summed E-state index contributed by atoms with van der Waals surface area (Å²) in [5.74, 6) is 0.858. The Balaban J connectivity index is 1.49. The summed E-state index contributed by atoms with van der Waals surface area (Å²) in [6.45, 7) is 7.55. The number of hydrogen-bond acceptors (Lipinski definition) is 3. The summed E-state index contributed by atoms with van der Waals surface area (Å²) in [5, 5.41) is 9.18. The Morgan fingerprint density at radius 2 is 2.04 bits per heavy atom. The van der Waals surface area contributed by atoms with E-state index in [1.54, 1.807) is 4.88 Å². The molecule has 4 nitrogen and oxygen atoms in total. The van der Waals surface area contributed by atoms with Gasteiger partial charge in [-0.25, -0.2) is 0 Å². The number of aliphatic imine (C=N–C) groups is 1. The van der Waals surface area contributed by atoms with Crippen LogP contribution >= 0.6 is 11.3 Å². The van der Waals surface area contributed by atoms with E-state index >= 15 is 0 Å². The highest BCUT2D eigenvalue weighted by atomic mass is 32.1. The highest BCUT2D eigenvalue weighted by Crippen LogP contribution is 2.24. The summed E-state index contributed by atoms with van der Waals surface area (Å²) in [7, 11) is 1.83. The zero-order valence-corrected chi connectivity index (χ0v) is 16.1. The van der Waals surface area contributed by atoms with E-state index in [-0.39, 0.29) is 6.04 Å². The number of rotatable bonds is 5. The summed E-state index contributed by atoms with van der Waals surface area (Å²) < 4.78 is 0. The third-order valence-electron chi connectivity index (χ3n) is 4.90. The monoisotopic (exact) mass is 356 g/mol. The zero-order valence-electron chi connectivity index (χ0n) is 15.3. The van der Waals surface area contributed by atoms with Gasteiger partial charge in [0.15, 0.2) is 5.96 Å². The van der Waals surface area contributed by atoms with E-state index in [2.05, 4.69) is 70.1 Å². The topological polar surface area (TPSA) is 39.7 Å². The van der Waals surface area contributed by atoms with Crippen LogP contribution in [0.15, 0.2) is 46.8 Å². The molecule has 2 N–H and O–H groups in total. The minimum absolute atomic E-state index is 0.228. The van der Waals surface area contributed by atoms with Crippen molar-refractivity contribution >= 4 is 17.3 Å². The summed E-state index contributed by atoms with van der Waals surface area (Å²) in [6, 6.07) is 13.4. The van der Waals surface area contributed by atoms with Gasteiger partial charge in [-0.3, -0.25) is 9.89 Å². The Kier molecular flexibility index (Phi) is 6.10. The first kappa shape index (κ1) is 18.0. The first-order valence-electron chi connectivity index (χ1n) is 8.98. The minimum Gasteiger partial charge on any atom is -0.355 e. The molecule has 0 saturated carbocycles. The number of nitrogens with one attached hydrogen (secondary N) is 2. The predicted molar refractivity (Wildman–Crippen MR) is 107 cm³/mol. The van der Waals surface area contributed by atoms with Crippen molar-refractivity contribution in [3.63, 3.8) is 0 Å². The summed E-state index contributed by atoms with van der Waals surface area (Å²) in [6.07, 6.45) is 1.18. The highest BCUT2D eigenvalue weighted by Gasteiger charge is 2.21. The van der Waals surface area contributed by atoms with Gasteiger partial charge in [-0.15, -0.1) is 11.3 Å². The third kappa shape index (κ3) is 4.61. The molecule has 1 aromatic heterocycles. The zero-order chi connectivity index (χ0) is 17.6. The predicted octanol–water partition coefficient (Wildman–Crippen LogP) is 3.42. The van der Waals surface area contributed by atoms with Crippen molar-refractivity contribution in [2.75, 3.05) is 20.1 Å². The second-order valence-electron chi connectivity index (χ2n) is 6.67. The lowest BCUT2D eigenvalue weighted by Gasteiger charge is -2.33. The molecule has 0 spiro atoms. The molecule has 0 radical (unpaired) electrons. The van der Waals surface area contributed by atoms with E-state index in [1.165, 1.54) is 17.5 Å². The van der Waals surface area contributed by atoms with Gasteiger partial charge in [0.05, 0.1) is 6.04 Å². The Bertz CT molecular complexity index is 695. The lowest BCUT2D eigenvalue weighted by Crippen LogP contribution is -2.47. The number of fused-ring (bicyclic) bond motifs is 1. The second-order valence-corrected chi connectivity index (χ2v) is 7.67. The fourth-order valence-corrected chi connectivity index (χ4v) is 4.13. The quantitative estimate of drug-likeness (QED) is 0.637. The van der Waals surface area contributed by atoms with Crippen molar-refractivity contribution in [1.29, 1.82) is 0 Å². The number of hydrogen-bond donors (Lipinski definition) is 2. The Labute approximate surface area is 155 Å². The molecular formula is C20H28N4S. The Hall–Kier alpha value is -1.85. The fourth-order valence-electron chi connectivity index (χ4n) is 3.24. The molecule has 1 aromatic carbocycles. The van der Waals surface area contributed by atoms with E-state index in [0.717, 1.165) is 25.6 Å². The Morgan fingerprint density at radius 3 is 2.80 bits per heavy atom. The van der Waals surface area contributed by atoms with Crippen molar-refractivity contribution in [3.8, 4) is 0 Å². The van der Waals surface area contributed by atoms with Crippen molar-refractivity contribution < 1.29 is 0 Å². The van der Waals surface area contributed by atoms with Gasteiger partial charge in [-0.1, -0.05) is 30.3 Å². The number of guanidine groups is 1. The molecule has 0 saturated heterocycles. The maximum atomic E-state index is 4.38. The van der Waals surface area contributed by atoms with Crippen molar-refractivity contribution in [2.45, 2.75) is 38.9 Å². The number of thiophene rings is 1. The molecular weight excluding hydrogens is 328 g/mol. The summed E-state index contributed by atoms with van der Waals surface area (Å²) in [4.78, 5) is 8.49. The first-order valence-corrected chi connectivity index (χ1v) is 9.86. The molecule has 1 aliphatic rings. The van der Waals surface area contributed by atoms with Gasteiger partial charge in [0, 0.05) is 37.6 Å². The molecule has 0 fully saturated rings.